The van der Waals surface area contributed by atoms with Gasteiger partial charge in [0.05, 0.1) is 12.5 Å². The van der Waals surface area contributed by atoms with Crippen molar-refractivity contribution in [3.63, 3.8) is 0 Å². The predicted octanol–water partition coefficient (Wildman–Crippen LogP) is 4.20. The minimum atomic E-state index is -0.0415. The predicted molar refractivity (Wildman–Crippen MR) is 112 cm³/mol. The summed E-state index contributed by atoms with van der Waals surface area (Å²) in [6.45, 7) is 6.28. The number of amides is 1. The van der Waals surface area contributed by atoms with Crippen LogP contribution in [0.25, 0.3) is 11.4 Å². The molecule has 1 saturated heterocycles. The molecule has 3 aromatic rings. The van der Waals surface area contributed by atoms with Crippen LogP contribution in [-0.2, 0) is 11.3 Å². The first kappa shape index (κ1) is 19.3. The van der Waals surface area contributed by atoms with E-state index in [0.29, 0.717) is 24.8 Å². The van der Waals surface area contributed by atoms with Crippen molar-refractivity contribution < 1.29 is 9.32 Å². The number of aryl methyl sites for hydroxylation is 1. The molecule has 1 aromatic heterocycles. The minimum Gasteiger partial charge on any atom is -0.338 e. The lowest BCUT2D eigenvalue weighted by molar-refractivity contribution is -0.121. The number of carbonyl (C=O) groups is 1. The van der Waals surface area contributed by atoms with Crippen molar-refractivity contribution >= 4 is 11.6 Å². The van der Waals surface area contributed by atoms with Crippen LogP contribution in [0.3, 0.4) is 0 Å². The highest BCUT2D eigenvalue weighted by Gasteiger charge is 2.27. The van der Waals surface area contributed by atoms with E-state index >= 15 is 0 Å². The minimum absolute atomic E-state index is 0.0415. The maximum Gasteiger partial charge on any atom is 0.241 e. The zero-order valence-electron chi connectivity index (χ0n) is 16.9. The standard InChI is InChI=1S/C23H26N4O2/c1-16-8-6-12-20(17(16)2)24-23(28)19-11-7-13-27(14-19)15-21-25-22(26-29-21)18-9-4-3-5-10-18/h3-6,8-10,12,19H,7,11,13-15H2,1-2H3,(H,24,28). The summed E-state index contributed by atoms with van der Waals surface area (Å²) < 4.78 is 5.44. The fourth-order valence-corrected chi connectivity index (χ4v) is 3.75. The second-order valence-electron chi connectivity index (χ2n) is 7.69. The highest BCUT2D eigenvalue weighted by atomic mass is 16.5. The third-order valence-electron chi connectivity index (χ3n) is 5.60. The van der Waals surface area contributed by atoms with Gasteiger partial charge in [-0.25, -0.2) is 0 Å². The van der Waals surface area contributed by atoms with E-state index in [1.807, 2.05) is 49.4 Å². The zero-order chi connectivity index (χ0) is 20.2. The van der Waals surface area contributed by atoms with E-state index in [9.17, 15) is 4.79 Å². The van der Waals surface area contributed by atoms with Crippen LogP contribution in [0, 0.1) is 19.8 Å². The topological polar surface area (TPSA) is 71.3 Å². The first-order valence-electron chi connectivity index (χ1n) is 10.1. The Morgan fingerprint density at radius 3 is 2.83 bits per heavy atom. The Morgan fingerprint density at radius 1 is 1.17 bits per heavy atom. The second-order valence-corrected chi connectivity index (χ2v) is 7.69. The van der Waals surface area contributed by atoms with Crippen LogP contribution in [0.4, 0.5) is 5.69 Å². The molecule has 0 saturated carbocycles. The molecule has 6 heteroatoms. The highest BCUT2D eigenvalue weighted by molar-refractivity contribution is 5.93. The smallest absolute Gasteiger partial charge is 0.241 e. The Kier molecular flexibility index (Phi) is 5.71. The zero-order valence-corrected chi connectivity index (χ0v) is 16.9. The van der Waals surface area contributed by atoms with Gasteiger partial charge in [0.15, 0.2) is 0 Å². The molecule has 1 aliphatic rings. The number of benzene rings is 2. The number of hydrogen-bond donors (Lipinski definition) is 1. The number of anilines is 1. The summed E-state index contributed by atoms with van der Waals surface area (Å²) in [5, 5.41) is 7.20. The lowest BCUT2D eigenvalue weighted by Gasteiger charge is -2.31. The monoisotopic (exact) mass is 390 g/mol. The van der Waals surface area contributed by atoms with Gasteiger partial charge in [-0.1, -0.05) is 47.6 Å². The van der Waals surface area contributed by atoms with Crippen LogP contribution >= 0.6 is 0 Å². The van der Waals surface area contributed by atoms with Gasteiger partial charge in [0.25, 0.3) is 0 Å². The maximum atomic E-state index is 12.8. The molecule has 4 rings (SSSR count). The van der Waals surface area contributed by atoms with Crippen LogP contribution in [0.1, 0.15) is 29.9 Å². The van der Waals surface area contributed by atoms with E-state index in [4.69, 9.17) is 4.52 Å². The number of rotatable bonds is 5. The SMILES string of the molecule is Cc1cccc(NC(=O)C2CCCN(Cc3nc(-c4ccccc4)no3)C2)c1C. The van der Waals surface area contributed by atoms with Crippen LogP contribution in [0.2, 0.25) is 0 Å². The van der Waals surface area contributed by atoms with Crippen molar-refractivity contribution in [1.82, 2.24) is 15.0 Å². The van der Waals surface area contributed by atoms with E-state index in [1.54, 1.807) is 0 Å². The van der Waals surface area contributed by atoms with Crippen molar-refractivity contribution in [2.75, 3.05) is 18.4 Å². The summed E-state index contributed by atoms with van der Waals surface area (Å²) in [7, 11) is 0. The van der Waals surface area contributed by atoms with Crippen molar-refractivity contribution in [2.45, 2.75) is 33.2 Å². The summed E-state index contributed by atoms with van der Waals surface area (Å²) in [6.07, 6.45) is 1.87. The van der Waals surface area contributed by atoms with Crippen LogP contribution < -0.4 is 5.32 Å². The molecule has 0 aliphatic carbocycles. The molecule has 0 bridgehead atoms. The van der Waals surface area contributed by atoms with Gasteiger partial charge in [-0.2, -0.15) is 4.98 Å². The maximum absolute atomic E-state index is 12.8. The fraction of sp³-hybridized carbons (Fsp3) is 0.348. The van der Waals surface area contributed by atoms with Crippen molar-refractivity contribution in [1.29, 1.82) is 0 Å². The Balaban J connectivity index is 1.38. The Bertz CT molecular complexity index is 984. The summed E-state index contributed by atoms with van der Waals surface area (Å²) >= 11 is 0. The van der Waals surface area contributed by atoms with Gasteiger partial charge in [0.2, 0.25) is 17.6 Å². The first-order valence-corrected chi connectivity index (χ1v) is 10.1. The summed E-state index contributed by atoms with van der Waals surface area (Å²) in [4.78, 5) is 19.6. The van der Waals surface area contributed by atoms with Crippen molar-refractivity contribution in [3.8, 4) is 11.4 Å². The number of aromatic nitrogens is 2. The summed E-state index contributed by atoms with van der Waals surface area (Å²) in [5.74, 6) is 1.22. The van der Waals surface area contributed by atoms with E-state index in [0.717, 1.165) is 36.2 Å². The molecule has 1 N–H and O–H groups in total. The Morgan fingerprint density at radius 2 is 2.00 bits per heavy atom. The highest BCUT2D eigenvalue weighted by Crippen LogP contribution is 2.23. The summed E-state index contributed by atoms with van der Waals surface area (Å²) in [6, 6.07) is 15.8. The van der Waals surface area contributed by atoms with E-state index in [1.165, 1.54) is 5.56 Å². The number of hydrogen-bond acceptors (Lipinski definition) is 5. The molecule has 1 amide bonds. The molecule has 6 nitrogen and oxygen atoms in total. The number of nitrogens with zero attached hydrogens (tertiary/aromatic N) is 3. The van der Waals surface area contributed by atoms with Gasteiger partial charge in [-0.15, -0.1) is 0 Å². The molecule has 0 spiro atoms. The Labute approximate surface area is 170 Å². The van der Waals surface area contributed by atoms with Gasteiger partial charge in [-0.05, 0) is 50.4 Å². The summed E-state index contributed by atoms with van der Waals surface area (Å²) in [5.41, 5.74) is 4.13. The van der Waals surface area contributed by atoms with Gasteiger partial charge < -0.3 is 9.84 Å². The van der Waals surface area contributed by atoms with E-state index in [2.05, 4.69) is 33.3 Å². The first-order chi connectivity index (χ1) is 14.1. The molecule has 150 valence electrons. The largest absolute Gasteiger partial charge is 0.338 e. The Hall–Kier alpha value is -2.99. The number of piperidine rings is 1. The average Bonchev–Trinajstić information content (AvgIpc) is 3.21. The van der Waals surface area contributed by atoms with Crippen LogP contribution in [-0.4, -0.2) is 34.0 Å². The molecule has 1 atom stereocenters. The van der Waals surface area contributed by atoms with Crippen LogP contribution in [0.15, 0.2) is 53.1 Å². The normalized spacial score (nSPS) is 17.2. The van der Waals surface area contributed by atoms with Gasteiger partial charge >= 0.3 is 0 Å². The van der Waals surface area contributed by atoms with E-state index < -0.39 is 0 Å². The van der Waals surface area contributed by atoms with Crippen molar-refractivity contribution in [2.24, 2.45) is 5.92 Å². The second kappa shape index (κ2) is 8.57. The van der Waals surface area contributed by atoms with Gasteiger partial charge in [0.1, 0.15) is 0 Å². The molecule has 2 heterocycles. The van der Waals surface area contributed by atoms with Gasteiger partial charge in [-0.3, -0.25) is 9.69 Å². The molecule has 2 aromatic carbocycles. The molecule has 1 unspecified atom stereocenters. The number of nitrogens with one attached hydrogen (secondary N) is 1. The fourth-order valence-electron chi connectivity index (χ4n) is 3.75. The van der Waals surface area contributed by atoms with E-state index in [-0.39, 0.29) is 11.8 Å². The quantitative estimate of drug-likeness (QED) is 0.707. The number of carbonyl (C=O) groups excluding carboxylic acids is 1. The average molecular weight is 390 g/mol. The molecular weight excluding hydrogens is 364 g/mol. The molecule has 1 fully saturated rings. The van der Waals surface area contributed by atoms with Crippen LogP contribution in [0.5, 0.6) is 0 Å². The lowest BCUT2D eigenvalue weighted by Crippen LogP contribution is -2.40. The number of likely N-dealkylation sites (tertiary alicyclic amines) is 1. The van der Waals surface area contributed by atoms with Gasteiger partial charge in [0, 0.05) is 17.8 Å². The third kappa shape index (κ3) is 4.54. The lowest BCUT2D eigenvalue weighted by atomic mass is 9.96. The third-order valence-corrected chi connectivity index (χ3v) is 5.60. The molecular formula is C23H26N4O2. The van der Waals surface area contributed by atoms with Crippen molar-refractivity contribution in [3.05, 3.63) is 65.5 Å². The molecule has 29 heavy (non-hydrogen) atoms. The molecule has 1 aliphatic heterocycles. The molecule has 0 radical (unpaired) electrons.